The summed E-state index contributed by atoms with van der Waals surface area (Å²) in [5.41, 5.74) is 1.21. The molecule has 6 nitrogen and oxygen atoms in total. The van der Waals surface area contributed by atoms with E-state index in [4.69, 9.17) is 4.74 Å². The average molecular weight is 345 g/mol. The van der Waals surface area contributed by atoms with Crippen molar-refractivity contribution in [3.63, 3.8) is 0 Å². The second-order valence-electron chi connectivity index (χ2n) is 5.55. The number of nitrogens with zero attached hydrogens (tertiary/aromatic N) is 1. The van der Waals surface area contributed by atoms with E-state index in [2.05, 4.69) is 15.6 Å². The summed E-state index contributed by atoms with van der Waals surface area (Å²) in [6, 6.07) is 7.84. The topological polar surface area (TPSA) is 80.3 Å². The van der Waals surface area contributed by atoms with Crippen LogP contribution in [0.15, 0.2) is 29.6 Å². The van der Waals surface area contributed by atoms with Crippen molar-refractivity contribution in [2.75, 3.05) is 6.61 Å². The predicted molar refractivity (Wildman–Crippen MR) is 91.4 cm³/mol. The van der Waals surface area contributed by atoms with E-state index in [0.717, 1.165) is 24.2 Å². The van der Waals surface area contributed by atoms with Crippen LogP contribution in [0.4, 0.5) is 0 Å². The van der Waals surface area contributed by atoms with Crippen LogP contribution in [0, 0.1) is 0 Å². The van der Waals surface area contributed by atoms with E-state index in [1.54, 1.807) is 5.38 Å². The molecule has 0 atom stereocenters. The van der Waals surface area contributed by atoms with Gasteiger partial charge in [0, 0.05) is 18.0 Å². The van der Waals surface area contributed by atoms with Crippen molar-refractivity contribution < 1.29 is 14.3 Å². The van der Waals surface area contributed by atoms with Crippen LogP contribution in [0.2, 0.25) is 0 Å². The van der Waals surface area contributed by atoms with Gasteiger partial charge in [-0.15, -0.1) is 11.3 Å². The van der Waals surface area contributed by atoms with Gasteiger partial charge in [0.15, 0.2) is 5.01 Å². The molecule has 1 saturated carbocycles. The number of benzene rings is 1. The zero-order valence-electron chi connectivity index (χ0n) is 13.4. The number of thiazole rings is 1. The SMILES string of the molecule is CCOc1cccc(CNC(=O)c2csc(C(=O)NC3CC3)n2)c1. The Kier molecular flexibility index (Phi) is 5.10. The molecule has 0 aliphatic heterocycles. The Labute approximate surface area is 144 Å². The molecule has 7 heteroatoms. The quantitative estimate of drug-likeness (QED) is 0.807. The van der Waals surface area contributed by atoms with E-state index in [1.807, 2.05) is 31.2 Å². The van der Waals surface area contributed by atoms with Crippen molar-refractivity contribution in [3.05, 3.63) is 45.9 Å². The number of rotatable bonds is 7. The lowest BCUT2D eigenvalue weighted by molar-refractivity contribution is 0.0945. The molecule has 126 valence electrons. The Bertz CT molecular complexity index is 740. The minimum Gasteiger partial charge on any atom is -0.494 e. The van der Waals surface area contributed by atoms with Crippen LogP contribution in [-0.4, -0.2) is 29.4 Å². The molecule has 1 fully saturated rings. The molecule has 24 heavy (non-hydrogen) atoms. The molecule has 0 bridgehead atoms. The fraction of sp³-hybridized carbons (Fsp3) is 0.353. The van der Waals surface area contributed by atoms with Gasteiger partial charge < -0.3 is 15.4 Å². The zero-order chi connectivity index (χ0) is 16.9. The molecule has 1 heterocycles. The van der Waals surface area contributed by atoms with Crippen LogP contribution < -0.4 is 15.4 Å². The van der Waals surface area contributed by atoms with Gasteiger partial charge in [0.25, 0.3) is 11.8 Å². The van der Waals surface area contributed by atoms with E-state index in [0.29, 0.717) is 18.2 Å². The fourth-order valence-electron chi connectivity index (χ4n) is 2.14. The van der Waals surface area contributed by atoms with Crippen molar-refractivity contribution in [3.8, 4) is 5.75 Å². The highest BCUT2D eigenvalue weighted by Crippen LogP contribution is 2.20. The van der Waals surface area contributed by atoms with Gasteiger partial charge >= 0.3 is 0 Å². The summed E-state index contributed by atoms with van der Waals surface area (Å²) >= 11 is 1.18. The molecule has 1 aromatic carbocycles. The summed E-state index contributed by atoms with van der Waals surface area (Å²) in [6.07, 6.45) is 2.04. The van der Waals surface area contributed by atoms with Crippen LogP contribution in [0.25, 0.3) is 0 Å². The second kappa shape index (κ2) is 7.44. The van der Waals surface area contributed by atoms with Gasteiger partial charge in [0.2, 0.25) is 0 Å². The minimum atomic E-state index is -0.293. The Morgan fingerprint density at radius 1 is 1.33 bits per heavy atom. The zero-order valence-corrected chi connectivity index (χ0v) is 14.2. The molecular formula is C17H19N3O3S. The Morgan fingerprint density at radius 2 is 2.17 bits per heavy atom. The lowest BCUT2D eigenvalue weighted by atomic mass is 10.2. The number of ether oxygens (including phenoxy) is 1. The Balaban J connectivity index is 1.55. The number of carbonyl (C=O) groups is 2. The van der Waals surface area contributed by atoms with Gasteiger partial charge in [-0.2, -0.15) is 0 Å². The van der Waals surface area contributed by atoms with E-state index in [9.17, 15) is 9.59 Å². The summed E-state index contributed by atoms with van der Waals surface area (Å²) in [5, 5.41) is 7.60. The maximum absolute atomic E-state index is 12.2. The number of nitrogens with one attached hydrogen (secondary N) is 2. The van der Waals surface area contributed by atoms with Gasteiger partial charge in [-0.05, 0) is 37.5 Å². The molecule has 0 spiro atoms. The second-order valence-corrected chi connectivity index (χ2v) is 6.41. The average Bonchev–Trinajstić information content (AvgIpc) is 3.25. The number of carbonyl (C=O) groups excluding carboxylic acids is 2. The molecule has 2 amide bonds. The molecular weight excluding hydrogens is 326 g/mol. The first-order valence-electron chi connectivity index (χ1n) is 7.92. The van der Waals surface area contributed by atoms with Crippen LogP contribution >= 0.6 is 11.3 Å². The third-order valence-corrected chi connectivity index (χ3v) is 4.35. The Morgan fingerprint density at radius 3 is 2.92 bits per heavy atom. The first-order valence-corrected chi connectivity index (χ1v) is 8.80. The van der Waals surface area contributed by atoms with Gasteiger partial charge in [0.1, 0.15) is 11.4 Å². The maximum atomic E-state index is 12.2. The van der Waals surface area contributed by atoms with Gasteiger partial charge in [-0.25, -0.2) is 4.98 Å². The molecule has 3 rings (SSSR count). The lowest BCUT2D eigenvalue weighted by Gasteiger charge is -2.07. The first-order chi connectivity index (χ1) is 11.7. The molecule has 0 saturated heterocycles. The standard InChI is InChI=1S/C17H19N3O3S/c1-2-23-13-5-3-4-11(8-13)9-18-15(21)14-10-24-17(20-14)16(22)19-12-6-7-12/h3-5,8,10,12H,2,6-7,9H2,1H3,(H,18,21)(H,19,22). The molecule has 1 aromatic heterocycles. The van der Waals surface area contributed by atoms with Crippen molar-refractivity contribution in [1.29, 1.82) is 0 Å². The van der Waals surface area contributed by atoms with Crippen LogP contribution in [0.5, 0.6) is 5.75 Å². The lowest BCUT2D eigenvalue weighted by Crippen LogP contribution is -2.26. The van der Waals surface area contributed by atoms with Crippen molar-refractivity contribution in [2.45, 2.75) is 32.4 Å². The van der Waals surface area contributed by atoms with Gasteiger partial charge in [0.05, 0.1) is 6.61 Å². The van der Waals surface area contributed by atoms with E-state index in [-0.39, 0.29) is 23.6 Å². The molecule has 2 N–H and O–H groups in total. The van der Waals surface area contributed by atoms with Crippen LogP contribution in [0.3, 0.4) is 0 Å². The highest BCUT2D eigenvalue weighted by Gasteiger charge is 2.25. The summed E-state index contributed by atoms with van der Waals surface area (Å²) in [4.78, 5) is 28.2. The van der Waals surface area contributed by atoms with Crippen molar-refractivity contribution >= 4 is 23.2 Å². The summed E-state index contributed by atoms with van der Waals surface area (Å²) in [7, 11) is 0. The summed E-state index contributed by atoms with van der Waals surface area (Å²) in [6.45, 7) is 2.90. The van der Waals surface area contributed by atoms with Crippen molar-refractivity contribution in [2.24, 2.45) is 0 Å². The largest absolute Gasteiger partial charge is 0.494 e. The highest BCUT2D eigenvalue weighted by molar-refractivity contribution is 7.11. The minimum absolute atomic E-state index is 0.203. The molecule has 0 radical (unpaired) electrons. The van der Waals surface area contributed by atoms with E-state index < -0.39 is 0 Å². The molecule has 1 aliphatic carbocycles. The van der Waals surface area contributed by atoms with Gasteiger partial charge in [-0.3, -0.25) is 9.59 Å². The highest BCUT2D eigenvalue weighted by atomic mass is 32.1. The van der Waals surface area contributed by atoms with Gasteiger partial charge in [-0.1, -0.05) is 12.1 Å². The fourth-order valence-corrected chi connectivity index (χ4v) is 2.84. The predicted octanol–water partition coefficient (Wildman–Crippen LogP) is 2.36. The molecule has 1 aliphatic rings. The number of amides is 2. The monoisotopic (exact) mass is 345 g/mol. The molecule has 0 unspecified atom stereocenters. The third-order valence-electron chi connectivity index (χ3n) is 3.51. The van der Waals surface area contributed by atoms with Crippen molar-refractivity contribution in [1.82, 2.24) is 15.6 Å². The van der Waals surface area contributed by atoms with Crippen LogP contribution in [-0.2, 0) is 6.54 Å². The van der Waals surface area contributed by atoms with Crippen LogP contribution in [0.1, 0.15) is 45.6 Å². The third kappa shape index (κ3) is 4.32. The Hall–Kier alpha value is -2.41. The maximum Gasteiger partial charge on any atom is 0.280 e. The van der Waals surface area contributed by atoms with E-state index in [1.165, 1.54) is 11.3 Å². The number of hydrogen-bond donors (Lipinski definition) is 2. The normalized spacial score (nSPS) is 13.4. The first kappa shape index (κ1) is 16.4. The summed E-state index contributed by atoms with van der Waals surface area (Å²) < 4.78 is 5.44. The number of aromatic nitrogens is 1. The van der Waals surface area contributed by atoms with E-state index >= 15 is 0 Å². The number of hydrogen-bond acceptors (Lipinski definition) is 5. The smallest absolute Gasteiger partial charge is 0.280 e. The molecule has 2 aromatic rings. The summed E-state index contributed by atoms with van der Waals surface area (Å²) in [5.74, 6) is 0.279.